The minimum atomic E-state index is -0.201. The molecule has 0 spiro atoms. The van der Waals surface area contributed by atoms with Gasteiger partial charge in [-0.05, 0) is 30.9 Å². The zero-order valence-corrected chi connectivity index (χ0v) is 12.1. The zero-order valence-electron chi connectivity index (χ0n) is 10.5. The second-order valence-corrected chi connectivity index (χ2v) is 4.98. The van der Waals surface area contributed by atoms with Gasteiger partial charge in [0.1, 0.15) is 0 Å². The Bertz CT molecular complexity index is 664. The molecule has 2 aromatic rings. The molecule has 1 heterocycles. The largest absolute Gasteiger partial charge is 0.274 e. The van der Waals surface area contributed by atoms with Crippen LogP contribution in [0.25, 0.3) is 0 Å². The van der Waals surface area contributed by atoms with E-state index in [-0.39, 0.29) is 5.56 Å². The molecule has 19 heavy (non-hydrogen) atoms. The van der Waals surface area contributed by atoms with E-state index in [1.165, 1.54) is 28.7 Å². The summed E-state index contributed by atoms with van der Waals surface area (Å²) >= 11 is 7.21. The summed E-state index contributed by atoms with van der Waals surface area (Å²) in [5.74, 6) is 0. The molecular weight excluding hydrogens is 282 g/mol. The summed E-state index contributed by atoms with van der Waals surface area (Å²) in [6.45, 7) is 1.84. The molecule has 0 aliphatic heterocycles. The highest BCUT2D eigenvalue weighted by molar-refractivity contribution is 7.98. The summed E-state index contributed by atoms with van der Waals surface area (Å²) < 4.78 is 1.30. The lowest BCUT2D eigenvalue weighted by molar-refractivity contribution is 0.688. The molecule has 2 rings (SSSR count). The van der Waals surface area contributed by atoms with Gasteiger partial charge in [0.05, 0.1) is 5.71 Å². The molecule has 0 amide bonds. The lowest BCUT2D eigenvalue weighted by atomic mass is 10.1. The molecule has 0 fully saturated rings. The van der Waals surface area contributed by atoms with Crippen molar-refractivity contribution in [1.82, 2.24) is 9.66 Å². The van der Waals surface area contributed by atoms with Crippen molar-refractivity contribution in [1.29, 1.82) is 0 Å². The molecule has 4 nitrogen and oxygen atoms in total. The number of thioether (sulfide) groups is 1. The zero-order chi connectivity index (χ0) is 13.8. The smallest absolute Gasteiger partial charge is 0.267 e. The summed E-state index contributed by atoms with van der Waals surface area (Å²) in [6.07, 6.45) is 3.34. The van der Waals surface area contributed by atoms with Gasteiger partial charge in [-0.15, -0.1) is 0 Å². The van der Waals surface area contributed by atoms with E-state index in [0.29, 0.717) is 10.2 Å². The third-order valence-electron chi connectivity index (χ3n) is 2.49. The number of halogens is 1. The van der Waals surface area contributed by atoms with Crippen molar-refractivity contribution in [2.45, 2.75) is 12.1 Å². The molecule has 0 radical (unpaired) electrons. The Morgan fingerprint density at radius 2 is 2.00 bits per heavy atom. The third kappa shape index (κ3) is 3.24. The van der Waals surface area contributed by atoms with E-state index in [4.69, 9.17) is 11.6 Å². The van der Waals surface area contributed by atoms with Gasteiger partial charge in [0, 0.05) is 17.3 Å². The highest BCUT2D eigenvalue weighted by Gasteiger charge is 2.04. The first-order valence-corrected chi connectivity index (χ1v) is 7.15. The Morgan fingerprint density at radius 1 is 1.32 bits per heavy atom. The molecule has 1 aromatic carbocycles. The molecule has 0 saturated heterocycles. The van der Waals surface area contributed by atoms with Crippen LogP contribution in [-0.4, -0.2) is 21.6 Å². The topological polar surface area (TPSA) is 47.2 Å². The predicted molar refractivity (Wildman–Crippen MR) is 79.3 cm³/mol. The predicted octanol–water partition coefficient (Wildman–Crippen LogP) is 2.89. The van der Waals surface area contributed by atoms with E-state index >= 15 is 0 Å². The van der Waals surface area contributed by atoms with Crippen LogP contribution >= 0.6 is 23.4 Å². The van der Waals surface area contributed by atoms with Crippen molar-refractivity contribution < 1.29 is 0 Å². The Balaban J connectivity index is 2.46. The maximum atomic E-state index is 11.8. The van der Waals surface area contributed by atoms with E-state index in [0.717, 1.165) is 11.3 Å². The Morgan fingerprint density at radius 3 is 2.63 bits per heavy atom. The molecule has 0 aliphatic carbocycles. The number of rotatable bonds is 3. The van der Waals surface area contributed by atoms with E-state index < -0.39 is 0 Å². The Labute approximate surface area is 120 Å². The van der Waals surface area contributed by atoms with Crippen LogP contribution in [0.15, 0.2) is 51.6 Å². The molecule has 98 valence electrons. The highest BCUT2D eigenvalue weighted by atomic mass is 35.5. The van der Waals surface area contributed by atoms with Crippen molar-refractivity contribution in [3.05, 3.63) is 57.5 Å². The van der Waals surface area contributed by atoms with Gasteiger partial charge >= 0.3 is 0 Å². The number of hydrogen-bond donors (Lipinski definition) is 0. The van der Waals surface area contributed by atoms with Crippen LogP contribution in [-0.2, 0) is 0 Å². The fourth-order valence-corrected chi connectivity index (χ4v) is 2.11. The van der Waals surface area contributed by atoms with Gasteiger partial charge in [0.2, 0.25) is 0 Å². The monoisotopic (exact) mass is 293 g/mol. The van der Waals surface area contributed by atoms with E-state index in [1.54, 1.807) is 12.1 Å². The molecule has 0 bridgehead atoms. The minimum Gasteiger partial charge on any atom is -0.267 e. The van der Waals surface area contributed by atoms with Crippen molar-refractivity contribution in [3.8, 4) is 0 Å². The fraction of sp³-hybridized carbons (Fsp3) is 0.154. The highest BCUT2D eigenvalue weighted by Crippen LogP contribution is 2.12. The molecule has 0 N–H and O–H groups in total. The normalized spacial score (nSPS) is 11.6. The molecular formula is C13H12ClN3OS. The first-order chi connectivity index (χ1) is 9.11. The molecule has 0 atom stereocenters. The quantitative estimate of drug-likeness (QED) is 0.497. The first kappa shape index (κ1) is 13.8. The van der Waals surface area contributed by atoms with E-state index in [2.05, 4.69) is 10.1 Å². The summed E-state index contributed by atoms with van der Waals surface area (Å²) in [5.41, 5.74) is 1.43. The average Bonchev–Trinajstić information content (AvgIpc) is 2.41. The van der Waals surface area contributed by atoms with Crippen LogP contribution in [0.5, 0.6) is 0 Å². The Hall–Kier alpha value is -1.59. The van der Waals surface area contributed by atoms with Gasteiger partial charge in [0.15, 0.2) is 5.16 Å². The van der Waals surface area contributed by atoms with Gasteiger partial charge in [-0.2, -0.15) is 9.78 Å². The number of nitrogens with zero attached hydrogens (tertiary/aromatic N) is 3. The number of benzene rings is 1. The minimum absolute atomic E-state index is 0.201. The van der Waals surface area contributed by atoms with Gasteiger partial charge < -0.3 is 0 Å². The lowest BCUT2D eigenvalue weighted by Crippen LogP contribution is -2.19. The van der Waals surface area contributed by atoms with Crippen LogP contribution in [0.4, 0.5) is 0 Å². The van der Waals surface area contributed by atoms with Crippen molar-refractivity contribution in [2.75, 3.05) is 6.26 Å². The van der Waals surface area contributed by atoms with Gasteiger partial charge in [-0.25, -0.2) is 4.98 Å². The maximum Gasteiger partial charge on any atom is 0.274 e. The second-order valence-electron chi connectivity index (χ2n) is 3.77. The first-order valence-electron chi connectivity index (χ1n) is 5.55. The fourth-order valence-electron chi connectivity index (χ4n) is 1.51. The molecule has 6 heteroatoms. The van der Waals surface area contributed by atoms with Crippen LogP contribution in [0.1, 0.15) is 12.5 Å². The standard InChI is InChI=1S/C13H12ClN3OS/c1-9(10-3-5-11(14)6-4-10)16-17-12(18)7-8-15-13(17)19-2/h3-8H,1-2H3/b16-9+. The van der Waals surface area contributed by atoms with Gasteiger partial charge in [-0.1, -0.05) is 35.5 Å². The Kier molecular flexibility index (Phi) is 4.39. The van der Waals surface area contributed by atoms with Crippen LogP contribution in [0.3, 0.4) is 0 Å². The van der Waals surface area contributed by atoms with Crippen LogP contribution < -0.4 is 5.56 Å². The maximum absolute atomic E-state index is 11.8. The molecule has 1 aromatic heterocycles. The number of hydrogen-bond acceptors (Lipinski definition) is 4. The summed E-state index contributed by atoms with van der Waals surface area (Å²) in [5, 5.41) is 5.55. The molecule has 0 unspecified atom stereocenters. The summed E-state index contributed by atoms with van der Waals surface area (Å²) in [6, 6.07) is 8.69. The average molecular weight is 294 g/mol. The molecule has 0 aliphatic rings. The van der Waals surface area contributed by atoms with Crippen LogP contribution in [0.2, 0.25) is 5.02 Å². The summed E-state index contributed by atoms with van der Waals surface area (Å²) in [7, 11) is 0. The van der Waals surface area contributed by atoms with Crippen molar-refractivity contribution in [2.24, 2.45) is 5.10 Å². The van der Waals surface area contributed by atoms with Gasteiger partial charge in [-0.3, -0.25) is 4.79 Å². The summed E-state index contributed by atoms with van der Waals surface area (Å²) in [4.78, 5) is 15.9. The third-order valence-corrected chi connectivity index (χ3v) is 3.38. The van der Waals surface area contributed by atoms with Crippen LogP contribution in [0, 0.1) is 0 Å². The van der Waals surface area contributed by atoms with E-state index in [1.807, 2.05) is 25.3 Å². The van der Waals surface area contributed by atoms with Gasteiger partial charge in [0.25, 0.3) is 5.56 Å². The lowest BCUT2D eigenvalue weighted by Gasteiger charge is -2.06. The van der Waals surface area contributed by atoms with Crippen molar-refractivity contribution >= 4 is 29.1 Å². The number of aromatic nitrogens is 2. The second kappa shape index (κ2) is 6.04. The van der Waals surface area contributed by atoms with E-state index in [9.17, 15) is 4.79 Å². The SMILES string of the molecule is CSc1nccc(=O)n1/N=C(\C)c1ccc(Cl)cc1. The van der Waals surface area contributed by atoms with Crippen molar-refractivity contribution in [3.63, 3.8) is 0 Å². The molecule has 0 saturated carbocycles.